The molecule has 2 aromatic rings. The highest BCUT2D eigenvalue weighted by Gasteiger charge is 2.37. The highest BCUT2D eigenvalue weighted by molar-refractivity contribution is 5.92. The van der Waals surface area contributed by atoms with E-state index in [4.69, 9.17) is 15.2 Å². The van der Waals surface area contributed by atoms with Crippen molar-refractivity contribution in [3.8, 4) is 0 Å². The number of carbonyl (C=O) groups excluding carboxylic acids is 6. The molecule has 1 aliphatic carbocycles. The second-order valence-electron chi connectivity index (χ2n) is 15.6. The van der Waals surface area contributed by atoms with E-state index in [0.717, 1.165) is 43.2 Å². The molecule has 0 aliphatic heterocycles. The Morgan fingerprint density at radius 2 is 1.40 bits per heavy atom. The Kier molecular flexibility index (Phi) is 19.5. The maximum absolute atomic E-state index is 14.1. The highest BCUT2D eigenvalue weighted by atomic mass is 16.5. The molecular formula is C43H63N5O9. The van der Waals surface area contributed by atoms with Crippen LogP contribution in [0.3, 0.4) is 0 Å². The van der Waals surface area contributed by atoms with Crippen LogP contribution in [0.1, 0.15) is 96.6 Å². The number of aliphatic hydroxyl groups excluding tert-OH is 1. The van der Waals surface area contributed by atoms with E-state index in [9.17, 15) is 33.9 Å². The maximum atomic E-state index is 14.1. The van der Waals surface area contributed by atoms with Crippen LogP contribution in [0.15, 0.2) is 60.7 Å². The van der Waals surface area contributed by atoms with Gasteiger partial charge >= 0.3 is 12.1 Å². The predicted molar refractivity (Wildman–Crippen MR) is 215 cm³/mol. The number of nitrogens with two attached hydrogens (primary N) is 1. The number of rotatable bonds is 22. The van der Waals surface area contributed by atoms with Crippen LogP contribution in [-0.2, 0) is 46.5 Å². The summed E-state index contributed by atoms with van der Waals surface area (Å²) in [5.74, 6) is -4.33. The van der Waals surface area contributed by atoms with Crippen molar-refractivity contribution in [2.24, 2.45) is 29.4 Å². The van der Waals surface area contributed by atoms with Crippen LogP contribution < -0.4 is 27.0 Å². The molecule has 0 unspecified atom stereocenters. The third-order valence-electron chi connectivity index (χ3n) is 10.8. The number of ether oxygens (including phenoxy) is 2. The molecule has 0 bridgehead atoms. The largest absolute Gasteiger partial charge is 0.467 e. The molecule has 0 spiro atoms. The molecule has 1 saturated carbocycles. The van der Waals surface area contributed by atoms with E-state index in [0.29, 0.717) is 12.8 Å². The van der Waals surface area contributed by atoms with E-state index in [1.165, 1.54) is 7.11 Å². The van der Waals surface area contributed by atoms with Crippen LogP contribution in [0.2, 0.25) is 0 Å². The number of aliphatic hydroxyl groups is 1. The molecule has 1 fully saturated rings. The molecule has 314 valence electrons. The van der Waals surface area contributed by atoms with Crippen LogP contribution >= 0.6 is 0 Å². The molecule has 7 atom stereocenters. The van der Waals surface area contributed by atoms with Crippen LogP contribution in [0.5, 0.6) is 0 Å². The molecule has 3 rings (SSSR count). The molecule has 0 heterocycles. The molecule has 0 saturated heterocycles. The normalized spacial score (nSPS) is 16.8. The summed E-state index contributed by atoms with van der Waals surface area (Å²) in [6.45, 7) is 7.34. The summed E-state index contributed by atoms with van der Waals surface area (Å²) in [7, 11) is 1.25. The summed E-state index contributed by atoms with van der Waals surface area (Å²) in [4.78, 5) is 79.1. The molecule has 1 aliphatic rings. The van der Waals surface area contributed by atoms with Crippen LogP contribution in [0.4, 0.5) is 4.79 Å². The second-order valence-corrected chi connectivity index (χ2v) is 15.6. The van der Waals surface area contributed by atoms with E-state index in [2.05, 4.69) is 21.3 Å². The fourth-order valence-corrected chi connectivity index (χ4v) is 7.21. The minimum Gasteiger partial charge on any atom is -0.467 e. The van der Waals surface area contributed by atoms with Gasteiger partial charge in [-0.2, -0.15) is 0 Å². The van der Waals surface area contributed by atoms with Crippen molar-refractivity contribution in [1.82, 2.24) is 21.3 Å². The number of carbonyl (C=O) groups is 6. The number of hydrogen-bond donors (Lipinski definition) is 6. The Hall–Kier alpha value is -4.98. The number of benzene rings is 2. The highest BCUT2D eigenvalue weighted by Crippen LogP contribution is 2.30. The lowest BCUT2D eigenvalue weighted by Crippen LogP contribution is -2.56. The first-order valence-corrected chi connectivity index (χ1v) is 20.2. The molecule has 0 aromatic heterocycles. The number of primary amides is 1. The SMILES string of the molecule is CC[C@H](C)[C@H](NC(=O)[C@@H](C[C@H](O)[C@H](CC1CCCCC1)NC(=O)[C@H](CC(N)=O)NC(=O)OCc1ccccc1)C(C)C)C(=O)N[C@@H](Cc1ccccc1)C(=O)OC. The third kappa shape index (κ3) is 15.8. The van der Waals surface area contributed by atoms with E-state index < -0.39 is 78.3 Å². The molecule has 7 N–H and O–H groups in total. The van der Waals surface area contributed by atoms with Crippen LogP contribution in [0, 0.1) is 23.7 Å². The van der Waals surface area contributed by atoms with Gasteiger partial charge in [0.25, 0.3) is 0 Å². The quantitative estimate of drug-likeness (QED) is 0.0947. The Balaban J connectivity index is 1.78. The van der Waals surface area contributed by atoms with Gasteiger partial charge in [-0.15, -0.1) is 0 Å². The zero-order valence-corrected chi connectivity index (χ0v) is 34.0. The number of methoxy groups -OCH3 is 1. The van der Waals surface area contributed by atoms with Crippen molar-refractivity contribution in [2.75, 3.05) is 7.11 Å². The Morgan fingerprint density at radius 1 is 0.789 bits per heavy atom. The smallest absolute Gasteiger partial charge is 0.408 e. The van der Waals surface area contributed by atoms with Gasteiger partial charge in [-0.3, -0.25) is 19.2 Å². The molecule has 5 amide bonds. The maximum Gasteiger partial charge on any atom is 0.408 e. The minimum atomic E-state index is -1.37. The Morgan fingerprint density at radius 3 is 1.96 bits per heavy atom. The molecule has 57 heavy (non-hydrogen) atoms. The average molecular weight is 794 g/mol. The summed E-state index contributed by atoms with van der Waals surface area (Å²) >= 11 is 0. The van der Waals surface area contributed by atoms with E-state index >= 15 is 0 Å². The van der Waals surface area contributed by atoms with Crippen LogP contribution in [-0.4, -0.2) is 78.2 Å². The molecular weight excluding hydrogens is 730 g/mol. The van der Waals surface area contributed by atoms with Gasteiger partial charge in [-0.1, -0.05) is 127 Å². The number of hydrogen-bond acceptors (Lipinski definition) is 9. The van der Waals surface area contributed by atoms with Crippen molar-refractivity contribution in [3.05, 3.63) is 71.8 Å². The first-order valence-electron chi connectivity index (χ1n) is 20.2. The van der Waals surface area contributed by atoms with E-state index in [1.54, 1.807) is 24.3 Å². The summed E-state index contributed by atoms with van der Waals surface area (Å²) in [6.07, 6.45) is 3.40. The van der Waals surface area contributed by atoms with Gasteiger partial charge in [0.1, 0.15) is 24.7 Å². The standard InChI is InChI=1S/C43H63N5O9/c1-6-28(4)38(41(53)46-35(42(54)56-5)23-30-18-12-8-13-19-30)48-39(51)32(27(2)3)24-36(49)33(22-29-16-10-7-11-17-29)45-40(52)34(25-37(44)50)47-43(55)57-26-31-20-14-9-15-21-31/h8-9,12-15,18-21,27-29,32-36,38,49H,6-7,10-11,16-17,22-26H2,1-5H3,(H2,44,50)(H,45,52)(H,46,53)(H,47,55)(H,48,51)/t28-,32-,33-,34-,35-,36-,38-/m0/s1. The van der Waals surface area contributed by atoms with Crippen molar-refractivity contribution < 1.29 is 43.3 Å². The Bertz CT molecular complexity index is 1590. The molecule has 14 heteroatoms. The zero-order valence-electron chi connectivity index (χ0n) is 34.0. The topological polar surface area (TPSA) is 215 Å². The molecule has 14 nitrogen and oxygen atoms in total. The van der Waals surface area contributed by atoms with Gasteiger partial charge in [0, 0.05) is 12.3 Å². The monoisotopic (exact) mass is 793 g/mol. The summed E-state index contributed by atoms with van der Waals surface area (Å²) < 4.78 is 10.3. The van der Waals surface area contributed by atoms with Gasteiger partial charge < -0.3 is 41.6 Å². The lowest BCUT2D eigenvalue weighted by Gasteiger charge is -2.34. The van der Waals surface area contributed by atoms with Gasteiger partial charge in [-0.05, 0) is 41.7 Å². The number of alkyl carbamates (subject to hydrolysis) is 1. The second kappa shape index (κ2) is 23.9. The van der Waals surface area contributed by atoms with Crippen molar-refractivity contribution in [3.63, 3.8) is 0 Å². The van der Waals surface area contributed by atoms with Crippen molar-refractivity contribution >= 4 is 35.7 Å². The fraction of sp³-hybridized carbons (Fsp3) is 0.581. The fourth-order valence-electron chi connectivity index (χ4n) is 7.21. The predicted octanol–water partition coefficient (Wildman–Crippen LogP) is 4.07. The van der Waals surface area contributed by atoms with E-state index in [1.807, 2.05) is 64.1 Å². The Labute approximate surface area is 336 Å². The van der Waals surface area contributed by atoms with Gasteiger partial charge in [-0.25, -0.2) is 9.59 Å². The van der Waals surface area contributed by atoms with Gasteiger partial charge in [0.2, 0.25) is 23.6 Å². The summed E-state index contributed by atoms with van der Waals surface area (Å²) in [5.41, 5.74) is 7.01. The number of esters is 1. The van der Waals surface area contributed by atoms with Crippen molar-refractivity contribution in [1.29, 1.82) is 0 Å². The lowest BCUT2D eigenvalue weighted by atomic mass is 9.81. The first kappa shape index (κ1) is 46.4. The first-order chi connectivity index (χ1) is 27.2. The van der Waals surface area contributed by atoms with Crippen LogP contribution in [0.25, 0.3) is 0 Å². The molecule has 0 radical (unpaired) electrons. The van der Waals surface area contributed by atoms with Gasteiger partial charge in [0.15, 0.2) is 0 Å². The number of amides is 5. The minimum absolute atomic E-state index is 0.0537. The lowest BCUT2D eigenvalue weighted by molar-refractivity contribution is -0.145. The molecule has 2 aromatic carbocycles. The average Bonchev–Trinajstić information content (AvgIpc) is 3.20. The van der Waals surface area contributed by atoms with Crippen molar-refractivity contribution in [2.45, 2.75) is 129 Å². The summed E-state index contributed by atoms with van der Waals surface area (Å²) in [6, 6.07) is 14.0. The zero-order chi connectivity index (χ0) is 41.9. The number of nitrogens with one attached hydrogen (secondary N) is 4. The third-order valence-corrected chi connectivity index (χ3v) is 10.8. The van der Waals surface area contributed by atoms with Gasteiger partial charge in [0.05, 0.1) is 25.7 Å². The summed E-state index contributed by atoms with van der Waals surface area (Å²) in [5, 5.41) is 22.8. The van der Waals surface area contributed by atoms with E-state index in [-0.39, 0.29) is 37.2 Å².